The van der Waals surface area contributed by atoms with Gasteiger partial charge in [-0.15, -0.1) is 11.3 Å². The number of hydrogen-bond donors (Lipinski definition) is 3. The van der Waals surface area contributed by atoms with Gasteiger partial charge in [-0.3, -0.25) is 0 Å². The van der Waals surface area contributed by atoms with Gasteiger partial charge in [0, 0.05) is 9.75 Å². The lowest BCUT2D eigenvalue weighted by Gasteiger charge is -2.40. The standard InChI is InChI=1S/C24H22F10O4S/c1-2-14(4-3-9-20(37,21(25,26)23(29,30)31)22(27,28)24(32,33)34)19-8-7-18(39-19)13-38-17-6-5-15(11-35)16(10-17)12-36/h3-10,35-37H,2,11-13H2,1H3/b9-3-,14-4+. The van der Waals surface area contributed by atoms with Crippen molar-refractivity contribution in [2.24, 2.45) is 0 Å². The molecular formula is C24H22F10O4S. The molecule has 0 fully saturated rings. The highest BCUT2D eigenvalue weighted by molar-refractivity contribution is 7.13. The Hall–Kier alpha value is -2.62. The number of hydrogen-bond acceptors (Lipinski definition) is 5. The van der Waals surface area contributed by atoms with Crippen LogP contribution in [0.5, 0.6) is 5.75 Å². The zero-order valence-corrected chi connectivity index (χ0v) is 20.7. The number of alkyl halides is 10. The first-order chi connectivity index (χ1) is 17.9. The summed E-state index contributed by atoms with van der Waals surface area (Å²) in [4.78, 5) is 0.926. The fraction of sp³-hybridized carbons (Fsp3) is 0.417. The van der Waals surface area contributed by atoms with Crippen molar-refractivity contribution in [3.63, 3.8) is 0 Å². The highest BCUT2D eigenvalue weighted by Gasteiger charge is 2.83. The Kier molecular flexibility index (Phi) is 9.91. The van der Waals surface area contributed by atoms with E-state index in [0.717, 1.165) is 17.4 Å². The SMILES string of the molecule is CC/C(=C\C=C/C(O)(C(F)(F)C(F)(F)F)C(F)(F)C(F)(F)F)c1ccc(COc2ccc(CO)c(CO)c2)s1. The summed E-state index contributed by atoms with van der Waals surface area (Å²) < 4.78 is 137. The Labute approximate surface area is 219 Å². The normalized spacial score (nSPS) is 14.4. The summed E-state index contributed by atoms with van der Waals surface area (Å²) in [7, 11) is 0. The van der Waals surface area contributed by atoms with E-state index in [4.69, 9.17) is 4.74 Å². The van der Waals surface area contributed by atoms with Crippen LogP contribution < -0.4 is 4.74 Å². The van der Waals surface area contributed by atoms with Gasteiger partial charge in [0.1, 0.15) is 12.4 Å². The third-order valence-electron chi connectivity index (χ3n) is 5.56. The van der Waals surface area contributed by atoms with Crippen molar-refractivity contribution >= 4 is 16.9 Å². The Morgan fingerprint density at radius 1 is 0.846 bits per heavy atom. The fourth-order valence-electron chi connectivity index (χ4n) is 3.29. The highest BCUT2D eigenvalue weighted by atomic mass is 32.1. The van der Waals surface area contributed by atoms with Crippen LogP contribution in [0.3, 0.4) is 0 Å². The average Bonchev–Trinajstić information content (AvgIpc) is 3.32. The molecule has 0 saturated heterocycles. The van der Waals surface area contributed by atoms with Crippen LogP contribution in [-0.2, 0) is 19.8 Å². The van der Waals surface area contributed by atoms with Crippen molar-refractivity contribution in [1.29, 1.82) is 0 Å². The van der Waals surface area contributed by atoms with Gasteiger partial charge >= 0.3 is 24.2 Å². The predicted octanol–water partition coefficient (Wildman–Crippen LogP) is 6.79. The Morgan fingerprint density at radius 2 is 1.41 bits per heavy atom. The molecule has 1 aromatic carbocycles. The van der Waals surface area contributed by atoms with Gasteiger partial charge in [-0.05, 0) is 53.5 Å². The number of ether oxygens (including phenoxy) is 1. The number of allylic oxidation sites excluding steroid dienone is 3. The zero-order valence-electron chi connectivity index (χ0n) is 19.9. The first-order valence-corrected chi connectivity index (χ1v) is 11.7. The summed E-state index contributed by atoms with van der Waals surface area (Å²) in [6.07, 6.45) is -13.9. The lowest BCUT2D eigenvalue weighted by Crippen LogP contribution is -2.69. The van der Waals surface area contributed by atoms with Crippen molar-refractivity contribution < 1.29 is 64.0 Å². The summed E-state index contributed by atoms with van der Waals surface area (Å²) >= 11 is 1.04. The van der Waals surface area contributed by atoms with E-state index in [1.807, 2.05) is 0 Å². The van der Waals surface area contributed by atoms with Crippen LogP contribution in [0.15, 0.2) is 48.6 Å². The second-order valence-corrected chi connectivity index (χ2v) is 9.28. The number of aliphatic hydroxyl groups excluding tert-OH is 2. The lowest BCUT2D eigenvalue weighted by molar-refractivity contribution is -0.409. The second-order valence-electron chi connectivity index (χ2n) is 8.12. The number of halogens is 10. The first kappa shape index (κ1) is 32.6. The summed E-state index contributed by atoms with van der Waals surface area (Å²) in [6.45, 7) is 0.823. The molecule has 0 spiro atoms. The molecule has 3 N–H and O–H groups in total. The molecule has 0 bridgehead atoms. The van der Waals surface area contributed by atoms with Gasteiger partial charge in [0.2, 0.25) is 5.60 Å². The molecule has 218 valence electrons. The number of aliphatic hydroxyl groups is 3. The zero-order chi connectivity index (χ0) is 29.9. The number of rotatable bonds is 11. The van der Waals surface area contributed by atoms with Crippen LogP contribution in [-0.4, -0.2) is 45.1 Å². The van der Waals surface area contributed by atoms with Gasteiger partial charge in [0.05, 0.1) is 13.2 Å². The highest BCUT2D eigenvalue weighted by Crippen LogP contribution is 2.55. The van der Waals surface area contributed by atoms with E-state index in [0.29, 0.717) is 26.6 Å². The minimum Gasteiger partial charge on any atom is -0.488 e. The van der Waals surface area contributed by atoms with Crippen molar-refractivity contribution in [1.82, 2.24) is 0 Å². The van der Waals surface area contributed by atoms with Crippen LogP contribution in [0.1, 0.15) is 34.2 Å². The van der Waals surface area contributed by atoms with E-state index in [2.05, 4.69) is 0 Å². The Morgan fingerprint density at radius 3 is 1.90 bits per heavy atom. The van der Waals surface area contributed by atoms with E-state index in [9.17, 15) is 59.2 Å². The van der Waals surface area contributed by atoms with E-state index in [1.54, 1.807) is 6.07 Å². The third-order valence-corrected chi connectivity index (χ3v) is 6.70. The first-order valence-electron chi connectivity index (χ1n) is 10.9. The van der Waals surface area contributed by atoms with Crippen molar-refractivity contribution in [2.75, 3.05) is 0 Å². The minimum absolute atomic E-state index is 0.0177. The van der Waals surface area contributed by atoms with Gasteiger partial charge < -0.3 is 20.1 Å². The van der Waals surface area contributed by atoms with Crippen molar-refractivity contribution in [3.8, 4) is 5.75 Å². The maximum atomic E-state index is 13.8. The topological polar surface area (TPSA) is 69.9 Å². The summed E-state index contributed by atoms with van der Waals surface area (Å²) in [5.74, 6) is -13.4. The monoisotopic (exact) mass is 596 g/mol. The lowest BCUT2D eigenvalue weighted by atomic mass is 9.86. The average molecular weight is 596 g/mol. The summed E-state index contributed by atoms with van der Waals surface area (Å²) in [6, 6.07) is 7.60. The molecule has 0 saturated carbocycles. The smallest absolute Gasteiger partial charge is 0.457 e. The van der Waals surface area contributed by atoms with Gasteiger partial charge in [-0.25, -0.2) is 0 Å². The Bertz CT molecular complexity index is 1160. The molecule has 1 heterocycles. The van der Waals surface area contributed by atoms with Crippen molar-refractivity contribution in [3.05, 3.63) is 69.4 Å². The van der Waals surface area contributed by atoms with Gasteiger partial charge in [0.15, 0.2) is 0 Å². The van der Waals surface area contributed by atoms with E-state index < -0.39 is 35.9 Å². The molecule has 0 unspecified atom stereocenters. The molecule has 39 heavy (non-hydrogen) atoms. The van der Waals surface area contributed by atoms with E-state index in [-0.39, 0.29) is 37.9 Å². The van der Waals surface area contributed by atoms with Crippen molar-refractivity contribution in [2.45, 2.75) is 63.0 Å². The van der Waals surface area contributed by atoms with E-state index in [1.165, 1.54) is 31.2 Å². The van der Waals surface area contributed by atoms with Crippen LogP contribution in [0.2, 0.25) is 0 Å². The number of thiophene rings is 1. The van der Waals surface area contributed by atoms with E-state index >= 15 is 0 Å². The van der Waals surface area contributed by atoms with Crippen LogP contribution in [0.4, 0.5) is 43.9 Å². The molecule has 0 amide bonds. The fourth-order valence-corrected chi connectivity index (χ4v) is 4.31. The largest absolute Gasteiger partial charge is 0.488 e. The molecule has 0 aliphatic heterocycles. The summed E-state index contributed by atoms with van der Waals surface area (Å²) in [5, 5.41) is 28.1. The molecule has 4 nitrogen and oxygen atoms in total. The molecule has 0 aliphatic carbocycles. The molecule has 0 radical (unpaired) electrons. The van der Waals surface area contributed by atoms with Gasteiger partial charge in [-0.2, -0.15) is 43.9 Å². The Balaban J connectivity index is 2.33. The van der Waals surface area contributed by atoms with Crippen LogP contribution in [0.25, 0.3) is 5.57 Å². The van der Waals surface area contributed by atoms with Crippen LogP contribution in [0, 0.1) is 0 Å². The molecule has 2 rings (SSSR count). The maximum absolute atomic E-state index is 13.8. The third kappa shape index (κ3) is 6.58. The molecule has 0 atom stereocenters. The maximum Gasteiger partial charge on any atom is 0.457 e. The molecule has 0 aliphatic rings. The molecular weight excluding hydrogens is 574 g/mol. The number of benzene rings is 1. The molecule has 15 heteroatoms. The van der Waals surface area contributed by atoms with Gasteiger partial charge in [-0.1, -0.05) is 25.1 Å². The minimum atomic E-state index is -6.93. The van der Waals surface area contributed by atoms with Crippen LogP contribution >= 0.6 is 11.3 Å². The summed E-state index contributed by atoms with van der Waals surface area (Å²) in [5.41, 5.74) is -4.90. The van der Waals surface area contributed by atoms with Gasteiger partial charge in [0.25, 0.3) is 0 Å². The molecule has 1 aromatic heterocycles. The second kappa shape index (κ2) is 11.9. The quantitative estimate of drug-likeness (QED) is 0.198. The predicted molar refractivity (Wildman–Crippen MR) is 121 cm³/mol. The molecule has 2 aromatic rings.